The van der Waals surface area contributed by atoms with Gasteiger partial charge >= 0.3 is 0 Å². The van der Waals surface area contributed by atoms with Gasteiger partial charge in [0.05, 0.1) is 83.1 Å². The molecule has 13 nitrogen and oxygen atoms in total. The summed E-state index contributed by atoms with van der Waals surface area (Å²) in [5.74, 6) is 2.35. The van der Waals surface area contributed by atoms with E-state index in [2.05, 4.69) is 411 Å². The Kier molecular flexibility index (Phi) is 17.6. The molecule has 0 bridgehead atoms. The van der Waals surface area contributed by atoms with E-state index < -0.39 is 0 Å². The van der Waals surface area contributed by atoms with Crippen LogP contribution in [0.5, 0.6) is 0 Å². The Balaban J connectivity index is 0.000000104. The van der Waals surface area contributed by atoms with Crippen LogP contribution in [0.2, 0.25) is 0 Å². The van der Waals surface area contributed by atoms with E-state index in [1.165, 1.54) is 120 Å². The van der Waals surface area contributed by atoms with Crippen LogP contribution in [-0.2, 0) is 0 Å². The van der Waals surface area contributed by atoms with E-state index in [0.717, 1.165) is 116 Å². The maximum absolute atomic E-state index is 5.20. The Labute approximate surface area is 755 Å². The van der Waals surface area contributed by atoms with Gasteiger partial charge in [-0.1, -0.05) is 255 Å². The molecule has 0 radical (unpaired) electrons. The SMILES string of the molecule is c1ccc(-c2cc(-n3c4ccccc4c4cc5c(cc43)c3ccccc3n5-c3ccc4cnccc4c3)cc3ccncc23)cc1.c1ccc(-c2cc(-n3c4ccccc4c4cc5c(cc43)c3ccccc3n5-c3ccccc3)c3cccnc3c2)cc1.c1ccc(-c2cc(-n3c4ccccc4c4cc5c(cc43)c3ccccc3n5-c3ccncn3)nc(-c3ccccc3)n2)cc1. The molecule has 132 heavy (non-hydrogen) atoms. The molecule has 28 rings (SSSR count). The molecule has 28 aromatic rings. The van der Waals surface area contributed by atoms with Crippen LogP contribution in [0.1, 0.15) is 0 Å². The first-order chi connectivity index (χ1) is 65.5. The van der Waals surface area contributed by atoms with Gasteiger partial charge in [0.1, 0.15) is 18.0 Å². The molecule has 0 fully saturated rings. The van der Waals surface area contributed by atoms with Gasteiger partial charge in [0, 0.05) is 152 Å². The highest BCUT2D eigenvalue weighted by Crippen LogP contribution is 2.47. The highest BCUT2D eigenvalue weighted by atomic mass is 15.1. The molecule has 0 aliphatic rings. The second kappa shape index (κ2) is 30.9. The van der Waals surface area contributed by atoms with Crippen molar-refractivity contribution in [2.75, 3.05) is 0 Å². The highest BCUT2D eigenvalue weighted by Gasteiger charge is 2.26. The fourth-order valence-electron chi connectivity index (χ4n) is 20.4. The van der Waals surface area contributed by atoms with Gasteiger partial charge in [0.25, 0.3) is 0 Å². The average molecular weight is 1690 g/mol. The zero-order valence-electron chi connectivity index (χ0n) is 71.1. The number of para-hydroxylation sites is 7. The first-order valence-corrected chi connectivity index (χ1v) is 44.4. The molecular weight excluding hydrogens is 1610 g/mol. The van der Waals surface area contributed by atoms with Crippen molar-refractivity contribution in [3.8, 4) is 79.3 Å². The molecule has 0 unspecified atom stereocenters. The van der Waals surface area contributed by atoms with Crippen LogP contribution < -0.4 is 0 Å². The van der Waals surface area contributed by atoms with Gasteiger partial charge in [-0.25, -0.2) is 19.9 Å². The number of hydrogen-bond donors (Lipinski definition) is 0. The molecule has 0 N–H and O–H groups in total. The van der Waals surface area contributed by atoms with E-state index in [9.17, 15) is 0 Å². The van der Waals surface area contributed by atoms with E-state index in [1.807, 2.05) is 79.5 Å². The van der Waals surface area contributed by atoms with Crippen LogP contribution >= 0.6 is 0 Å². The number of hydrogen-bond acceptors (Lipinski definition) is 7. The third kappa shape index (κ3) is 12.4. The Bertz CT molecular complexity index is 9410. The Morgan fingerprint density at radius 1 is 0.189 bits per heavy atom. The fourth-order valence-corrected chi connectivity index (χ4v) is 20.4. The summed E-state index contributed by atoms with van der Waals surface area (Å²) in [5.41, 5.74) is 27.1. The molecule has 11 heterocycles. The number of aromatic nitrogens is 13. The smallest absolute Gasteiger partial charge is 0.162 e. The van der Waals surface area contributed by atoms with Crippen LogP contribution in [0.3, 0.4) is 0 Å². The lowest BCUT2D eigenvalue weighted by Gasteiger charge is -2.14. The van der Waals surface area contributed by atoms with Crippen LogP contribution in [0.15, 0.2) is 456 Å². The van der Waals surface area contributed by atoms with Gasteiger partial charge in [0.15, 0.2) is 5.82 Å². The largest absolute Gasteiger partial charge is 0.309 e. The number of benzene rings is 17. The monoisotopic (exact) mass is 1690 g/mol. The summed E-state index contributed by atoms with van der Waals surface area (Å²) in [4.78, 5) is 32.6. The molecule has 0 saturated carbocycles. The summed E-state index contributed by atoms with van der Waals surface area (Å²) < 4.78 is 14.2. The maximum atomic E-state index is 5.20. The van der Waals surface area contributed by atoms with Crippen molar-refractivity contribution >= 4 is 163 Å². The second-order valence-electron chi connectivity index (χ2n) is 33.6. The van der Waals surface area contributed by atoms with E-state index in [4.69, 9.17) is 15.0 Å². The molecule has 616 valence electrons. The van der Waals surface area contributed by atoms with Crippen molar-refractivity contribution in [1.29, 1.82) is 0 Å². The minimum absolute atomic E-state index is 0.689. The summed E-state index contributed by atoms with van der Waals surface area (Å²) in [5, 5.41) is 20.3. The normalized spacial score (nSPS) is 11.8. The summed E-state index contributed by atoms with van der Waals surface area (Å²) in [6.07, 6.45) is 12.9. The van der Waals surface area contributed by atoms with Crippen LogP contribution in [0, 0.1) is 0 Å². The number of rotatable bonds is 10. The number of pyridine rings is 3. The van der Waals surface area contributed by atoms with Gasteiger partial charge in [-0.2, -0.15) is 0 Å². The fraction of sp³-hybridized carbons (Fsp3) is 0. The number of fused-ring (bicyclic) bond motifs is 21. The second-order valence-corrected chi connectivity index (χ2v) is 33.6. The Hall–Kier alpha value is -18.1. The van der Waals surface area contributed by atoms with E-state index in [1.54, 1.807) is 12.5 Å². The third-order valence-corrected chi connectivity index (χ3v) is 26.3. The minimum atomic E-state index is 0.689. The summed E-state index contributed by atoms with van der Waals surface area (Å²) in [7, 11) is 0. The zero-order chi connectivity index (χ0) is 86.9. The highest BCUT2D eigenvalue weighted by molar-refractivity contribution is 6.23. The Morgan fingerprint density at radius 3 is 1.14 bits per heavy atom. The summed E-state index contributed by atoms with van der Waals surface area (Å²) in [6.45, 7) is 0. The first kappa shape index (κ1) is 75.3. The molecule has 13 heteroatoms. The lowest BCUT2D eigenvalue weighted by Crippen LogP contribution is -2.02. The molecule has 17 aromatic carbocycles. The van der Waals surface area contributed by atoms with Crippen LogP contribution in [-0.4, -0.2) is 62.3 Å². The summed E-state index contributed by atoms with van der Waals surface area (Å²) in [6, 6.07) is 147. The topological polar surface area (TPSA) is 120 Å². The molecule has 0 atom stereocenters. The quantitative estimate of drug-likeness (QED) is 0.134. The van der Waals surface area contributed by atoms with Crippen molar-refractivity contribution in [1.82, 2.24) is 62.3 Å². The van der Waals surface area contributed by atoms with Gasteiger partial charge in [-0.3, -0.25) is 24.1 Å². The van der Waals surface area contributed by atoms with Crippen LogP contribution in [0.25, 0.3) is 243 Å². The molecule has 0 aliphatic carbocycles. The molecule has 0 amide bonds. The Morgan fingerprint density at radius 2 is 0.606 bits per heavy atom. The van der Waals surface area contributed by atoms with Crippen molar-refractivity contribution < 1.29 is 0 Å². The van der Waals surface area contributed by atoms with Crippen molar-refractivity contribution in [2.45, 2.75) is 0 Å². The van der Waals surface area contributed by atoms with E-state index in [0.29, 0.717) is 5.82 Å². The molecule has 11 aromatic heterocycles. The van der Waals surface area contributed by atoms with Gasteiger partial charge < -0.3 is 18.3 Å². The predicted molar refractivity (Wildman–Crippen MR) is 544 cm³/mol. The van der Waals surface area contributed by atoms with Crippen LogP contribution in [0.4, 0.5) is 0 Å². The first-order valence-electron chi connectivity index (χ1n) is 44.4. The number of nitrogens with zero attached hydrogens (tertiary/aromatic N) is 13. The minimum Gasteiger partial charge on any atom is -0.309 e. The zero-order valence-corrected chi connectivity index (χ0v) is 71.1. The molecular formula is C119H75N13. The lowest BCUT2D eigenvalue weighted by atomic mass is 9.98. The molecule has 0 spiro atoms. The molecule has 0 aliphatic heterocycles. The maximum Gasteiger partial charge on any atom is 0.162 e. The van der Waals surface area contributed by atoms with Gasteiger partial charge in [-0.15, -0.1) is 0 Å². The van der Waals surface area contributed by atoms with Crippen molar-refractivity contribution in [3.05, 3.63) is 456 Å². The third-order valence-electron chi connectivity index (χ3n) is 26.3. The lowest BCUT2D eigenvalue weighted by molar-refractivity contribution is 1.04. The molecule has 0 saturated heterocycles. The van der Waals surface area contributed by atoms with E-state index in [-0.39, 0.29) is 0 Å². The summed E-state index contributed by atoms with van der Waals surface area (Å²) >= 11 is 0. The average Bonchev–Trinajstić information content (AvgIpc) is 1.56. The standard InChI is InChI=1S/C42H26N4.C39H25N3.C38H24N6/c1-2-8-27(9-3-1)35-22-32(21-29-17-19-44-26-38(29)35)46-40-13-7-5-11-34(40)37-23-41-36(24-42(37)46)33-10-4-6-12-39(33)45(41)31-15-14-30-25-43-18-16-28(30)20-31;1-3-12-26(13-4-1)27-22-34-31(18-11-21-40-34)37(23-27)42-36-20-10-8-17-30(36)33-24-38-32(25-39(33)42)29-16-7-9-19-35(29)41(38)28-14-5-2-6-15-28;1-3-11-25(12-4-1)31-23-37(42-38(41-31)26-13-5-2-6-14-26)44-33-18-10-8-16-28(33)30-21-34-29(22-35(30)44)27-15-7-9-17-32(27)43(34)36-19-20-39-24-40-36/h1-26H;1-25H;1-24H. The van der Waals surface area contributed by atoms with E-state index >= 15 is 0 Å². The van der Waals surface area contributed by atoms with Gasteiger partial charge in [-0.05, 0) is 185 Å². The van der Waals surface area contributed by atoms with Gasteiger partial charge in [0.2, 0.25) is 0 Å². The predicted octanol–water partition coefficient (Wildman–Crippen LogP) is 29.5. The van der Waals surface area contributed by atoms with Crippen molar-refractivity contribution in [3.63, 3.8) is 0 Å². The van der Waals surface area contributed by atoms with Crippen molar-refractivity contribution in [2.24, 2.45) is 0 Å².